The predicted molar refractivity (Wildman–Crippen MR) is 256 cm³/mol. The first-order valence-electron chi connectivity index (χ1n) is 20.6. The smallest absolute Gasteiger partial charge is 0.301 e. The van der Waals surface area contributed by atoms with Crippen LogP contribution in [0.3, 0.4) is 0 Å². The minimum Gasteiger partial charge on any atom is -0.497 e. The summed E-state index contributed by atoms with van der Waals surface area (Å²) in [7, 11) is 2.58. The number of ether oxygens (including phenoxy) is 2. The number of nitro groups is 2. The Morgan fingerprint density at radius 2 is 1.09 bits per heavy atom. The number of aliphatic hydroxyl groups excluding tert-OH is 1. The van der Waals surface area contributed by atoms with Crippen LogP contribution in [0.15, 0.2) is 60.7 Å². The Kier molecular flexibility index (Phi) is 20.4. The van der Waals surface area contributed by atoms with Crippen LogP contribution in [0.25, 0.3) is 0 Å². The van der Waals surface area contributed by atoms with Crippen molar-refractivity contribution in [2.24, 2.45) is 28.7 Å². The van der Waals surface area contributed by atoms with Crippen molar-refractivity contribution >= 4 is 76.3 Å². The number of hydrogen-bond acceptors (Lipinski definition) is 19. The number of guanidine groups is 4. The molecule has 6 amide bonds. The molecule has 6 unspecified atom stereocenters. The van der Waals surface area contributed by atoms with Gasteiger partial charge in [0.25, 0.3) is 23.6 Å². The van der Waals surface area contributed by atoms with E-state index in [0.717, 1.165) is 4.90 Å². The maximum Gasteiger partial charge on any atom is 0.301 e. The van der Waals surface area contributed by atoms with Gasteiger partial charge in [0, 0.05) is 30.3 Å². The lowest BCUT2D eigenvalue weighted by molar-refractivity contribution is -0.392. The second-order valence-corrected chi connectivity index (χ2v) is 14.7. The number of amides is 6. The van der Waals surface area contributed by atoms with Gasteiger partial charge in [0.15, 0.2) is 54.2 Å². The molecule has 6 atom stereocenters. The number of nitriles is 1. The molecule has 394 valence electrons. The van der Waals surface area contributed by atoms with Gasteiger partial charge in [-0.3, -0.25) is 70.6 Å². The number of nitrogens with two attached hydrogens (primary N) is 5. The van der Waals surface area contributed by atoms with E-state index in [4.69, 9.17) is 59.8 Å². The summed E-state index contributed by atoms with van der Waals surface area (Å²) in [4.78, 5) is 105. The Morgan fingerprint density at radius 1 is 0.649 bits per heavy atom. The lowest BCUT2D eigenvalue weighted by Gasteiger charge is -2.33. The molecule has 0 aliphatic carbocycles. The predicted octanol–water partition coefficient (Wildman–Crippen LogP) is -6.20. The van der Waals surface area contributed by atoms with Crippen LogP contribution in [0.4, 0.5) is 17.1 Å². The van der Waals surface area contributed by atoms with Gasteiger partial charge < -0.3 is 96.0 Å². The Labute approximate surface area is 416 Å². The van der Waals surface area contributed by atoms with Gasteiger partial charge in [0.1, 0.15) is 23.6 Å². The first-order chi connectivity index (χ1) is 34.8. The summed E-state index contributed by atoms with van der Waals surface area (Å²) in [6.07, 6.45) is -8.34. The molecule has 0 spiro atoms. The van der Waals surface area contributed by atoms with Crippen molar-refractivity contribution in [1.29, 1.82) is 26.9 Å². The average molecular weight is 1030 g/mol. The maximum absolute atomic E-state index is 14.6. The number of carbonyl (C=O) groups excluding carboxylic acids is 6. The lowest BCUT2D eigenvalue weighted by atomic mass is 10.0. The number of nitrogens with one attached hydrogen (secondary N) is 13. The van der Waals surface area contributed by atoms with Crippen molar-refractivity contribution in [3.63, 3.8) is 0 Å². The molecule has 0 heterocycles. The zero-order chi connectivity index (χ0) is 55.6. The Balaban J connectivity index is 2.12. The van der Waals surface area contributed by atoms with Crippen LogP contribution >= 0.6 is 0 Å². The van der Waals surface area contributed by atoms with Crippen molar-refractivity contribution in [1.82, 2.24) is 47.9 Å². The first kappa shape index (κ1) is 57.5. The molecule has 0 bridgehead atoms. The van der Waals surface area contributed by atoms with E-state index in [9.17, 15) is 59.4 Å². The van der Waals surface area contributed by atoms with Gasteiger partial charge in [-0.25, -0.2) is 0 Å². The van der Waals surface area contributed by atoms with Gasteiger partial charge in [-0.05, 0) is 17.7 Å². The van der Waals surface area contributed by atoms with Gasteiger partial charge in [-0.2, -0.15) is 5.26 Å². The second-order valence-electron chi connectivity index (χ2n) is 14.7. The molecule has 0 saturated carbocycles. The number of benzene rings is 3. The standard InChI is InChI=1S/C39H50N22O13/c1-73-19-9-8-18(23(12-19)74-2)14-59(25-20(60(69)70)10-16(13-40)11-21(25)61(71)72)22(15-62)31(64)50-24(17-6-4-3-5-7-17)32(65)52-28(56-37(44)45)34(67)54-30(58-39(48)49)35(68)53-29(57-38(46)47)33(66)51-27(26(41)63)55-36(42)43/h3-12,22,24,27-30,62H,14-15H2,1-2H3,(H2,41,63)(H,50,64)(H,51,66)(H,52,65)(H,53,68)(H,54,67)(H4,42,43,55)(H4,44,45,56)(H4,46,47,57)(H4,48,49,58). The van der Waals surface area contributed by atoms with E-state index in [1.54, 1.807) is 6.07 Å². The van der Waals surface area contributed by atoms with Crippen LogP contribution in [0.5, 0.6) is 11.5 Å². The second kappa shape index (κ2) is 26.3. The highest BCUT2D eigenvalue weighted by molar-refractivity contribution is 6.00. The van der Waals surface area contributed by atoms with Gasteiger partial charge in [-0.15, -0.1) is 0 Å². The fourth-order valence-corrected chi connectivity index (χ4v) is 6.46. The molecule has 35 nitrogen and oxygen atoms in total. The third-order valence-corrected chi connectivity index (χ3v) is 9.66. The van der Waals surface area contributed by atoms with Gasteiger partial charge in [0.2, 0.25) is 11.8 Å². The summed E-state index contributed by atoms with van der Waals surface area (Å²) < 4.78 is 10.7. The third kappa shape index (κ3) is 15.9. The molecule has 35 heteroatoms. The summed E-state index contributed by atoms with van der Waals surface area (Å²) in [5, 5.41) is 94.9. The van der Waals surface area contributed by atoms with E-state index < -0.39 is 142 Å². The Morgan fingerprint density at radius 3 is 1.49 bits per heavy atom. The molecule has 0 radical (unpaired) electrons. The highest BCUT2D eigenvalue weighted by Gasteiger charge is 2.40. The molecule has 3 rings (SSSR count). The normalized spacial score (nSPS) is 12.8. The quantitative estimate of drug-likeness (QED) is 0.0123. The molecular weight excluding hydrogens is 985 g/mol. The Hall–Kier alpha value is -10.8. The number of hydrogen-bond donors (Lipinski definition) is 19. The molecule has 3 aromatic carbocycles. The Bertz CT molecular complexity index is 2700. The van der Waals surface area contributed by atoms with E-state index in [-0.39, 0.29) is 22.6 Å². The molecule has 3 aromatic rings. The van der Waals surface area contributed by atoms with Crippen molar-refractivity contribution in [2.75, 3.05) is 25.7 Å². The largest absolute Gasteiger partial charge is 0.497 e. The van der Waals surface area contributed by atoms with Crippen LogP contribution in [-0.2, 0) is 35.3 Å². The molecule has 74 heavy (non-hydrogen) atoms. The van der Waals surface area contributed by atoms with Crippen LogP contribution < -0.4 is 90.9 Å². The molecule has 0 fully saturated rings. The zero-order valence-electron chi connectivity index (χ0n) is 38.7. The van der Waals surface area contributed by atoms with Crippen LogP contribution in [0.2, 0.25) is 0 Å². The molecule has 24 N–H and O–H groups in total. The lowest BCUT2D eigenvalue weighted by Crippen LogP contribution is -2.68. The summed E-state index contributed by atoms with van der Waals surface area (Å²) in [5.41, 5.74) is 23.3. The minimum absolute atomic E-state index is 0.0440. The third-order valence-electron chi connectivity index (χ3n) is 9.66. The van der Waals surface area contributed by atoms with E-state index in [0.29, 0.717) is 12.1 Å². The van der Waals surface area contributed by atoms with E-state index in [1.807, 2.05) is 31.9 Å². The number of aliphatic hydroxyl groups is 1. The number of methoxy groups -OCH3 is 2. The van der Waals surface area contributed by atoms with Crippen molar-refractivity contribution in [3.05, 3.63) is 97.6 Å². The summed E-state index contributed by atoms with van der Waals surface area (Å²) in [6.45, 7) is -1.94. The number of carbonyl (C=O) groups is 6. The number of primary amides is 1. The van der Waals surface area contributed by atoms with Crippen molar-refractivity contribution in [2.45, 2.75) is 43.3 Å². The van der Waals surface area contributed by atoms with E-state index in [1.165, 1.54) is 62.8 Å². The number of nitro benzene ring substituents is 2. The van der Waals surface area contributed by atoms with Gasteiger partial charge in [0.05, 0.1) is 42.3 Å². The van der Waals surface area contributed by atoms with Crippen LogP contribution in [-0.4, -0.2) is 126 Å². The van der Waals surface area contributed by atoms with E-state index in [2.05, 4.69) is 16.0 Å². The number of anilines is 1. The molecule has 0 aliphatic heterocycles. The topological polar surface area (TPSA) is 588 Å². The van der Waals surface area contributed by atoms with Gasteiger partial charge >= 0.3 is 11.4 Å². The minimum atomic E-state index is -2.20. The SMILES string of the molecule is COc1ccc(CN(c2c([N+](=O)[O-])cc(C#N)cc2[N+](=O)[O-])C(CO)C(=O)NC(C(=O)NC(NC(=N)N)C(=O)NC(NC(=N)N)C(=O)NC(NC(=N)N)C(=O)NC(NC(=N)N)C(N)=O)c2ccccc2)c(OC)c1. The highest BCUT2D eigenvalue weighted by atomic mass is 16.6. The summed E-state index contributed by atoms with van der Waals surface area (Å²) in [6, 6.07) is 10.1. The molecule has 0 saturated heterocycles. The monoisotopic (exact) mass is 1030 g/mol. The molecule has 0 aliphatic rings. The van der Waals surface area contributed by atoms with Crippen molar-refractivity contribution in [3.8, 4) is 17.6 Å². The zero-order valence-corrected chi connectivity index (χ0v) is 38.7. The van der Waals surface area contributed by atoms with Crippen molar-refractivity contribution < 1.29 is 53.2 Å². The fraction of sp³-hybridized carbons (Fsp3) is 0.256. The summed E-state index contributed by atoms with van der Waals surface area (Å²) >= 11 is 0. The van der Waals surface area contributed by atoms with Gasteiger partial charge in [-0.1, -0.05) is 30.3 Å². The van der Waals surface area contributed by atoms with Crippen LogP contribution in [0, 0.1) is 53.2 Å². The number of nitrogens with zero attached hydrogens (tertiary/aromatic N) is 4. The number of rotatable bonds is 25. The first-order valence-corrected chi connectivity index (χ1v) is 20.6. The highest BCUT2D eigenvalue weighted by Crippen LogP contribution is 2.41. The molecule has 0 aromatic heterocycles. The fourth-order valence-electron chi connectivity index (χ4n) is 6.46. The van der Waals surface area contributed by atoms with Crippen LogP contribution in [0.1, 0.15) is 22.7 Å². The maximum atomic E-state index is 14.6. The summed E-state index contributed by atoms with van der Waals surface area (Å²) in [5.74, 6) is -11.6. The average Bonchev–Trinajstić information content (AvgIpc) is 3.33. The van der Waals surface area contributed by atoms with E-state index >= 15 is 0 Å². The molecular formula is C39H50N22O13.